The van der Waals surface area contributed by atoms with Crippen LogP contribution in [0.3, 0.4) is 0 Å². The van der Waals surface area contributed by atoms with Gasteiger partial charge in [-0.3, -0.25) is 10.3 Å². The van der Waals surface area contributed by atoms with Gasteiger partial charge < -0.3 is 15.3 Å². The van der Waals surface area contributed by atoms with Crippen LogP contribution in [-0.2, 0) is 0 Å². The van der Waals surface area contributed by atoms with Crippen molar-refractivity contribution in [2.45, 2.75) is 25.9 Å². The van der Waals surface area contributed by atoms with Crippen LogP contribution < -0.4 is 15.5 Å². The van der Waals surface area contributed by atoms with E-state index in [1.807, 2.05) is 6.07 Å². The smallest absolute Gasteiger partial charge is 0.409 e. The Bertz CT molecular complexity index is 428. The van der Waals surface area contributed by atoms with E-state index in [0.717, 1.165) is 18.8 Å². The highest BCUT2D eigenvalue weighted by molar-refractivity contribution is 5.83. The number of piperazine rings is 1. The lowest BCUT2D eigenvalue weighted by Crippen LogP contribution is -2.54. The maximum absolute atomic E-state index is 10.6. The fourth-order valence-electron chi connectivity index (χ4n) is 2.33. The molecule has 1 aliphatic heterocycles. The summed E-state index contributed by atoms with van der Waals surface area (Å²) >= 11 is 0. The van der Waals surface area contributed by atoms with E-state index in [-0.39, 0.29) is 0 Å². The van der Waals surface area contributed by atoms with Crippen molar-refractivity contribution >= 4 is 17.5 Å². The number of nitrogens with one attached hydrogen (secondary N) is 2. The second kappa shape index (κ2) is 5.22. The first-order chi connectivity index (χ1) is 8.54. The number of pyridine rings is 1. The number of hydrogen-bond donors (Lipinski definition) is 3. The van der Waals surface area contributed by atoms with E-state index in [0.29, 0.717) is 17.8 Å². The average Bonchev–Trinajstić information content (AvgIpc) is 2.27. The Morgan fingerprint density at radius 2 is 2.11 bits per heavy atom. The van der Waals surface area contributed by atoms with Gasteiger partial charge in [-0.25, -0.2) is 4.79 Å². The molecule has 18 heavy (non-hydrogen) atoms. The van der Waals surface area contributed by atoms with E-state index in [1.54, 1.807) is 6.20 Å². The van der Waals surface area contributed by atoms with E-state index in [9.17, 15) is 4.79 Å². The molecule has 98 valence electrons. The van der Waals surface area contributed by atoms with Gasteiger partial charge in [-0.1, -0.05) is 0 Å². The van der Waals surface area contributed by atoms with E-state index in [2.05, 4.69) is 34.4 Å². The van der Waals surface area contributed by atoms with Crippen molar-refractivity contribution in [3.63, 3.8) is 0 Å². The molecule has 0 radical (unpaired) electrons. The van der Waals surface area contributed by atoms with Crippen molar-refractivity contribution in [1.29, 1.82) is 0 Å². The van der Waals surface area contributed by atoms with Crippen LogP contribution in [0.4, 0.5) is 16.2 Å². The minimum Gasteiger partial charge on any atom is -0.465 e. The minimum absolute atomic E-state index is 0.407. The van der Waals surface area contributed by atoms with Gasteiger partial charge in [0.15, 0.2) is 0 Å². The standard InChI is InChI=1S/C12H18N4O2/c1-8-6-16(7-9(2)14-8)11-3-10(4-13-5-11)15-12(17)18/h3-5,8-9,14-15H,6-7H2,1-2H3,(H,17,18). The Morgan fingerprint density at radius 1 is 1.44 bits per heavy atom. The van der Waals surface area contributed by atoms with Gasteiger partial charge in [-0.15, -0.1) is 0 Å². The predicted molar refractivity (Wildman–Crippen MR) is 70.2 cm³/mol. The quantitative estimate of drug-likeness (QED) is 0.738. The minimum atomic E-state index is -1.07. The van der Waals surface area contributed by atoms with Crippen molar-refractivity contribution in [2.75, 3.05) is 23.3 Å². The van der Waals surface area contributed by atoms with Crippen LogP contribution in [0, 0.1) is 0 Å². The summed E-state index contributed by atoms with van der Waals surface area (Å²) in [6, 6.07) is 2.63. The van der Waals surface area contributed by atoms with Gasteiger partial charge in [0, 0.05) is 25.2 Å². The Hall–Kier alpha value is -1.82. The molecule has 0 aliphatic carbocycles. The Labute approximate surface area is 106 Å². The van der Waals surface area contributed by atoms with Crippen molar-refractivity contribution in [3.05, 3.63) is 18.5 Å². The Kier molecular flexibility index (Phi) is 3.66. The van der Waals surface area contributed by atoms with Gasteiger partial charge >= 0.3 is 6.09 Å². The summed E-state index contributed by atoms with van der Waals surface area (Å²) < 4.78 is 0. The first-order valence-corrected chi connectivity index (χ1v) is 6.00. The summed E-state index contributed by atoms with van der Waals surface area (Å²) in [6.45, 7) is 6.05. The molecule has 6 nitrogen and oxygen atoms in total. The molecule has 0 aromatic carbocycles. The third-order valence-corrected chi connectivity index (χ3v) is 2.90. The number of carbonyl (C=O) groups is 1. The van der Waals surface area contributed by atoms with Crippen LogP contribution in [0.5, 0.6) is 0 Å². The lowest BCUT2D eigenvalue weighted by atomic mass is 10.1. The molecular weight excluding hydrogens is 232 g/mol. The van der Waals surface area contributed by atoms with Crippen molar-refractivity contribution in [3.8, 4) is 0 Å². The fraction of sp³-hybridized carbons (Fsp3) is 0.500. The second-order valence-corrected chi connectivity index (χ2v) is 4.74. The molecule has 0 bridgehead atoms. The van der Waals surface area contributed by atoms with Crippen molar-refractivity contribution in [2.24, 2.45) is 0 Å². The molecule has 1 saturated heterocycles. The first-order valence-electron chi connectivity index (χ1n) is 6.00. The van der Waals surface area contributed by atoms with Gasteiger partial charge in [0.2, 0.25) is 0 Å². The highest BCUT2D eigenvalue weighted by Gasteiger charge is 2.21. The lowest BCUT2D eigenvalue weighted by molar-refractivity contribution is 0.209. The van der Waals surface area contributed by atoms with Crippen LogP contribution in [0.1, 0.15) is 13.8 Å². The summed E-state index contributed by atoms with van der Waals surface area (Å²) in [5.41, 5.74) is 1.44. The van der Waals surface area contributed by atoms with Gasteiger partial charge in [-0.2, -0.15) is 0 Å². The number of aromatic nitrogens is 1. The van der Waals surface area contributed by atoms with Crippen molar-refractivity contribution < 1.29 is 9.90 Å². The maximum atomic E-state index is 10.6. The number of hydrogen-bond acceptors (Lipinski definition) is 4. The van der Waals surface area contributed by atoms with Crippen LogP contribution in [0.15, 0.2) is 18.5 Å². The zero-order valence-corrected chi connectivity index (χ0v) is 10.6. The molecule has 0 saturated carbocycles. The molecule has 2 unspecified atom stereocenters. The summed E-state index contributed by atoms with van der Waals surface area (Å²) in [4.78, 5) is 16.9. The topological polar surface area (TPSA) is 77.5 Å². The molecule has 1 aliphatic rings. The number of rotatable bonds is 2. The van der Waals surface area contributed by atoms with Crippen LogP contribution >= 0.6 is 0 Å². The summed E-state index contributed by atoms with van der Waals surface area (Å²) in [6.07, 6.45) is 2.20. The highest BCUT2D eigenvalue weighted by Crippen LogP contribution is 2.20. The molecule has 6 heteroatoms. The lowest BCUT2D eigenvalue weighted by Gasteiger charge is -2.37. The van der Waals surface area contributed by atoms with E-state index >= 15 is 0 Å². The Balaban J connectivity index is 2.14. The third kappa shape index (κ3) is 3.10. The molecular formula is C12H18N4O2. The van der Waals surface area contributed by atoms with E-state index in [1.165, 1.54) is 6.20 Å². The van der Waals surface area contributed by atoms with Gasteiger partial charge in [0.1, 0.15) is 0 Å². The van der Waals surface area contributed by atoms with E-state index in [4.69, 9.17) is 5.11 Å². The largest absolute Gasteiger partial charge is 0.465 e. The van der Waals surface area contributed by atoms with Crippen LogP contribution in [0.25, 0.3) is 0 Å². The molecule has 2 rings (SSSR count). The van der Waals surface area contributed by atoms with Crippen LogP contribution in [0.2, 0.25) is 0 Å². The predicted octanol–water partition coefficient (Wildman–Crippen LogP) is 1.36. The second-order valence-electron chi connectivity index (χ2n) is 4.74. The molecule has 1 aromatic rings. The average molecular weight is 250 g/mol. The zero-order valence-electron chi connectivity index (χ0n) is 10.6. The number of nitrogens with zero attached hydrogens (tertiary/aromatic N) is 2. The van der Waals surface area contributed by atoms with Gasteiger partial charge in [-0.05, 0) is 19.9 Å². The maximum Gasteiger partial charge on any atom is 0.409 e. The number of amides is 1. The SMILES string of the molecule is CC1CN(c2cncc(NC(=O)O)c2)CC(C)N1. The fourth-order valence-corrected chi connectivity index (χ4v) is 2.33. The summed E-state index contributed by atoms with van der Waals surface area (Å²) in [5.74, 6) is 0. The Morgan fingerprint density at radius 3 is 2.72 bits per heavy atom. The first kappa shape index (κ1) is 12.6. The highest BCUT2D eigenvalue weighted by atomic mass is 16.4. The number of anilines is 2. The molecule has 0 spiro atoms. The molecule has 1 amide bonds. The third-order valence-electron chi connectivity index (χ3n) is 2.90. The zero-order chi connectivity index (χ0) is 13.1. The monoisotopic (exact) mass is 250 g/mol. The van der Waals surface area contributed by atoms with Crippen LogP contribution in [-0.4, -0.2) is 41.4 Å². The number of carboxylic acid groups (broad SMARTS) is 1. The normalized spacial score (nSPS) is 23.8. The van der Waals surface area contributed by atoms with Crippen molar-refractivity contribution in [1.82, 2.24) is 10.3 Å². The van der Waals surface area contributed by atoms with Gasteiger partial charge in [0.05, 0.1) is 23.8 Å². The van der Waals surface area contributed by atoms with Gasteiger partial charge in [0.25, 0.3) is 0 Å². The molecule has 2 atom stereocenters. The molecule has 1 fully saturated rings. The summed E-state index contributed by atoms with van der Waals surface area (Å²) in [5, 5.41) is 14.5. The summed E-state index contributed by atoms with van der Waals surface area (Å²) in [7, 11) is 0. The molecule has 3 N–H and O–H groups in total. The van der Waals surface area contributed by atoms with E-state index < -0.39 is 6.09 Å². The molecule has 2 heterocycles. The molecule has 1 aromatic heterocycles.